The topological polar surface area (TPSA) is 66.7 Å². The maximum Gasteiger partial charge on any atom is 0.331 e. The van der Waals surface area contributed by atoms with E-state index in [0.717, 1.165) is 5.56 Å². The third-order valence-electron chi connectivity index (χ3n) is 3.98. The molecule has 0 radical (unpaired) electrons. The van der Waals surface area contributed by atoms with Gasteiger partial charge in [0.1, 0.15) is 11.4 Å². The molecule has 3 rings (SSSR count). The number of imide groups is 1. The Morgan fingerprint density at radius 1 is 1.17 bits per heavy atom. The smallest absolute Gasteiger partial charge is 0.331 e. The number of anilines is 1. The standard InChI is InChI=1S/C17H19N3O3/c1-11(2)19-10-9-14(21)20(17(19)22)16-12(3)23-18-15(16)13-7-5-4-6-8-13/h4-8,11H,9-10H2,1-3H3. The van der Waals surface area contributed by atoms with E-state index < -0.39 is 0 Å². The second-order valence-corrected chi connectivity index (χ2v) is 5.85. The molecule has 0 saturated carbocycles. The summed E-state index contributed by atoms with van der Waals surface area (Å²) in [6.07, 6.45) is 0.294. The number of carbonyl (C=O) groups is 2. The summed E-state index contributed by atoms with van der Waals surface area (Å²) in [5, 5.41) is 4.06. The number of nitrogens with zero attached hydrogens (tertiary/aromatic N) is 3. The number of hydrogen-bond acceptors (Lipinski definition) is 4. The van der Waals surface area contributed by atoms with Crippen molar-refractivity contribution in [2.24, 2.45) is 0 Å². The van der Waals surface area contributed by atoms with Crippen molar-refractivity contribution in [2.75, 3.05) is 11.4 Å². The highest BCUT2D eigenvalue weighted by molar-refractivity contribution is 6.17. The molecular formula is C17H19N3O3. The lowest BCUT2D eigenvalue weighted by Gasteiger charge is -2.36. The quantitative estimate of drug-likeness (QED) is 0.872. The zero-order valence-electron chi connectivity index (χ0n) is 13.4. The van der Waals surface area contributed by atoms with Gasteiger partial charge < -0.3 is 9.42 Å². The molecule has 1 aromatic carbocycles. The van der Waals surface area contributed by atoms with Gasteiger partial charge in [0, 0.05) is 24.6 Å². The van der Waals surface area contributed by atoms with Crippen LogP contribution in [0.3, 0.4) is 0 Å². The van der Waals surface area contributed by atoms with Gasteiger partial charge in [-0.15, -0.1) is 0 Å². The average Bonchev–Trinajstić information content (AvgIpc) is 2.90. The molecule has 0 aliphatic carbocycles. The van der Waals surface area contributed by atoms with E-state index in [2.05, 4.69) is 5.16 Å². The monoisotopic (exact) mass is 313 g/mol. The molecule has 23 heavy (non-hydrogen) atoms. The fraction of sp³-hybridized carbons (Fsp3) is 0.353. The second kappa shape index (κ2) is 5.87. The number of amides is 3. The van der Waals surface area contributed by atoms with Crippen LogP contribution in [0.1, 0.15) is 26.0 Å². The van der Waals surface area contributed by atoms with Gasteiger partial charge in [0.05, 0.1) is 0 Å². The van der Waals surface area contributed by atoms with Crippen LogP contribution in [0.15, 0.2) is 34.9 Å². The number of urea groups is 1. The van der Waals surface area contributed by atoms with Gasteiger partial charge in [-0.2, -0.15) is 0 Å². The summed E-state index contributed by atoms with van der Waals surface area (Å²) in [5.74, 6) is 0.228. The normalized spacial score (nSPS) is 15.7. The Balaban J connectivity index is 2.09. The predicted molar refractivity (Wildman–Crippen MR) is 86.0 cm³/mol. The van der Waals surface area contributed by atoms with Crippen LogP contribution in [-0.2, 0) is 4.79 Å². The molecule has 3 amide bonds. The summed E-state index contributed by atoms with van der Waals surface area (Å²) in [4.78, 5) is 28.1. The molecule has 1 aromatic heterocycles. The van der Waals surface area contributed by atoms with Crippen molar-refractivity contribution >= 4 is 17.6 Å². The molecule has 1 saturated heterocycles. The average molecular weight is 313 g/mol. The Labute approximate surface area is 134 Å². The van der Waals surface area contributed by atoms with Crippen molar-refractivity contribution in [3.05, 3.63) is 36.1 Å². The summed E-state index contributed by atoms with van der Waals surface area (Å²) in [6.45, 7) is 6.02. The van der Waals surface area contributed by atoms with E-state index in [1.54, 1.807) is 11.8 Å². The van der Waals surface area contributed by atoms with Crippen LogP contribution in [0.4, 0.5) is 10.5 Å². The highest BCUT2D eigenvalue weighted by Crippen LogP contribution is 2.35. The number of rotatable bonds is 3. The van der Waals surface area contributed by atoms with Crippen molar-refractivity contribution in [1.29, 1.82) is 0 Å². The van der Waals surface area contributed by atoms with E-state index in [1.807, 2.05) is 44.2 Å². The van der Waals surface area contributed by atoms with Crippen LogP contribution in [-0.4, -0.2) is 34.6 Å². The number of carbonyl (C=O) groups excluding carboxylic acids is 2. The van der Waals surface area contributed by atoms with Crippen molar-refractivity contribution in [3.8, 4) is 11.3 Å². The molecule has 0 spiro atoms. The summed E-state index contributed by atoms with van der Waals surface area (Å²) in [7, 11) is 0. The summed E-state index contributed by atoms with van der Waals surface area (Å²) in [6, 6.07) is 9.11. The van der Waals surface area contributed by atoms with E-state index in [0.29, 0.717) is 30.1 Å². The minimum Gasteiger partial charge on any atom is -0.359 e. The third kappa shape index (κ3) is 2.60. The lowest BCUT2D eigenvalue weighted by molar-refractivity contribution is -0.119. The minimum atomic E-state index is -0.320. The molecule has 1 aliphatic rings. The van der Waals surface area contributed by atoms with Gasteiger partial charge in [-0.05, 0) is 20.8 Å². The van der Waals surface area contributed by atoms with E-state index in [4.69, 9.17) is 4.52 Å². The van der Waals surface area contributed by atoms with Crippen LogP contribution in [0.5, 0.6) is 0 Å². The number of aryl methyl sites for hydroxylation is 1. The van der Waals surface area contributed by atoms with Crippen LogP contribution >= 0.6 is 0 Å². The van der Waals surface area contributed by atoms with E-state index in [-0.39, 0.29) is 18.0 Å². The molecule has 0 bridgehead atoms. The first-order valence-corrected chi connectivity index (χ1v) is 7.66. The van der Waals surface area contributed by atoms with Crippen LogP contribution in [0.25, 0.3) is 11.3 Å². The lowest BCUT2D eigenvalue weighted by Crippen LogP contribution is -2.54. The first-order chi connectivity index (χ1) is 11.0. The zero-order chi connectivity index (χ0) is 16.6. The van der Waals surface area contributed by atoms with Crippen molar-refractivity contribution in [1.82, 2.24) is 10.1 Å². The fourth-order valence-corrected chi connectivity index (χ4v) is 2.77. The summed E-state index contributed by atoms with van der Waals surface area (Å²) >= 11 is 0. The summed E-state index contributed by atoms with van der Waals surface area (Å²) < 4.78 is 5.28. The molecule has 0 N–H and O–H groups in total. The molecule has 6 heteroatoms. The molecule has 120 valence electrons. The molecule has 1 fully saturated rings. The van der Waals surface area contributed by atoms with Crippen molar-refractivity contribution in [2.45, 2.75) is 33.2 Å². The van der Waals surface area contributed by atoms with E-state index >= 15 is 0 Å². The number of hydrogen-bond donors (Lipinski definition) is 0. The van der Waals surface area contributed by atoms with Crippen LogP contribution in [0.2, 0.25) is 0 Å². The van der Waals surface area contributed by atoms with Gasteiger partial charge in [0.25, 0.3) is 0 Å². The fourth-order valence-electron chi connectivity index (χ4n) is 2.77. The maximum atomic E-state index is 12.8. The van der Waals surface area contributed by atoms with Gasteiger partial charge in [-0.3, -0.25) is 4.79 Å². The Morgan fingerprint density at radius 3 is 2.52 bits per heavy atom. The Kier molecular flexibility index (Phi) is 3.90. The molecular weight excluding hydrogens is 294 g/mol. The minimum absolute atomic E-state index is 0.0263. The lowest BCUT2D eigenvalue weighted by atomic mass is 10.1. The molecule has 2 aromatic rings. The van der Waals surface area contributed by atoms with Gasteiger partial charge >= 0.3 is 6.03 Å². The van der Waals surface area contributed by atoms with Gasteiger partial charge in [-0.1, -0.05) is 35.5 Å². The molecule has 0 atom stereocenters. The Bertz CT molecular complexity index is 737. The predicted octanol–water partition coefficient (Wildman–Crippen LogP) is 3.22. The number of aromatic nitrogens is 1. The maximum absolute atomic E-state index is 12.8. The second-order valence-electron chi connectivity index (χ2n) is 5.85. The van der Waals surface area contributed by atoms with Gasteiger partial charge in [0.15, 0.2) is 5.76 Å². The zero-order valence-corrected chi connectivity index (χ0v) is 13.4. The molecule has 1 aliphatic heterocycles. The van der Waals surface area contributed by atoms with Gasteiger partial charge in [0.2, 0.25) is 5.91 Å². The largest absolute Gasteiger partial charge is 0.359 e. The van der Waals surface area contributed by atoms with Crippen LogP contribution in [0, 0.1) is 6.92 Å². The molecule has 2 heterocycles. The van der Waals surface area contributed by atoms with E-state index in [1.165, 1.54) is 4.90 Å². The first-order valence-electron chi connectivity index (χ1n) is 7.66. The van der Waals surface area contributed by atoms with Crippen molar-refractivity contribution < 1.29 is 14.1 Å². The number of benzene rings is 1. The van der Waals surface area contributed by atoms with Crippen molar-refractivity contribution in [3.63, 3.8) is 0 Å². The molecule has 0 unspecified atom stereocenters. The SMILES string of the molecule is Cc1onc(-c2ccccc2)c1N1C(=O)CCN(C(C)C)C1=O. The van der Waals surface area contributed by atoms with Crippen LogP contribution < -0.4 is 4.90 Å². The Morgan fingerprint density at radius 2 is 1.87 bits per heavy atom. The summed E-state index contributed by atoms with van der Waals surface area (Å²) in [5.41, 5.74) is 1.76. The highest BCUT2D eigenvalue weighted by Gasteiger charge is 2.38. The highest BCUT2D eigenvalue weighted by atomic mass is 16.5. The first kappa shape index (κ1) is 15.3. The third-order valence-corrected chi connectivity index (χ3v) is 3.98. The Hall–Kier alpha value is -2.63. The molecule has 6 nitrogen and oxygen atoms in total. The van der Waals surface area contributed by atoms with E-state index in [9.17, 15) is 9.59 Å². The van der Waals surface area contributed by atoms with Gasteiger partial charge in [-0.25, -0.2) is 9.69 Å².